The molecule has 1 unspecified atom stereocenters. The fraction of sp³-hybridized carbons (Fsp3) is 0.364. The third kappa shape index (κ3) is 1.88. The van der Waals surface area contributed by atoms with E-state index in [9.17, 15) is 4.79 Å². The predicted octanol–water partition coefficient (Wildman–Crippen LogP) is 1.30. The number of imidazole rings is 1. The highest BCUT2D eigenvalue weighted by Crippen LogP contribution is 2.12. The Morgan fingerprint density at radius 2 is 2.38 bits per heavy atom. The lowest BCUT2D eigenvalue weighted by molar-refractivity contribution is -0.141. The van der Waals surface area contributed by atoms with E-state index in [1.807, 2.05) is 23.7 Å². The van der Waals surface area contributed by atoms with E-state index in [2.05, 4.69) is 9.97 Å². The van der Waals surface area contributed by atoms with Crippen LogP contribution in [0.1, 0.15) is 18.3 Å². The van der Waals surface area contributed by atoms with Crippen LogP contribution in [0, 0.1) is 12.8 Å². The van der Waals surface area contributed by atoms with Crippen molar-refractivity contribution in [1.82, 2.24) is 14.4 Å². The van der Waals surface area contributed by atoms with Crippen molar-refractivity contribution in [3.05, 3.63) is 30.0 Å². The quantitative estimate of drug-likeness (QED) is 0.844. The molecule has 84 valence electrons. The first-order chi connectivity index (χ1) is 7.58. The molecule has 5 heteroatoms. The molecule has 1 N–H and O–H groups in total. The molecule has 2 heterocycles. The summed E-state index contributed by atoms with van der Waals surface area (Å²) in [6.07, 6.45) is 5.77. The first kappa shape index (κ1) is 10.6. The molecule has 0 aliphatic rings. The minimum Gasteiger partial charge on any atom is -0.481 e. The monoisotopic (exact) mass is 219 g/mol. The summed E-state index contributed by atoms with van der Waals surface area (Å²) in [6.45, 7) is 3.57. The molecule has 5 nitrogen and oxygen atoms in total. The summed E-state index contributed by atoms with van der Waals surface area (Å²) in [6, 6.07) is 0. The number of carbonyl (C=O) groups is 1. The zero-order chi connectivity index (χ0) is 11.7. The predicted molar refractivity (Wildman–Crippen MR) is 58.2 cm³/mol. The van der Waals surface area contributed by atoms with Crippen LogP contribution < -0.4 is 0 Å². The molecule has 1 atom stereocenters. The average molecular weight is 219 g/mol. The molecule has 0 amide bonds. The summed E-state index contributed by atoms with van der Waals surface area (Å²) in [5, 5.41) is 8.87. The molecule has 0 spiro atoms. The van der Waals surface area contributed by atoms with Crippen LogP contribution in [-0.2, 0) is 11.2 Å². The second-order valence-electron chi connectivity index (χ2n) is 3.93. The topological polar surface area (TPSA) is 67.5 Å². The Bertz CT molecular complexity index is 533. The van der Waals surface area contributed by atoms with E-state index >= 15 is 0 Å². The summed E-state index contributed by atoms with van der Waals surface area (Å²) >= 11 is 0. The van der Waals surface area contributed by atoms with Gasteiger partial charge in [0.2, 0.25) is 0 Å². The zero-order valence-electron chi connectivity index (χ0n) is 9.21. The number of nitrogens with zero attached hydrogens (tertiary/aromatic N) is 3. The van der Waals surface area contributed by atoms with E-state index in [-0.39, 0.29) is 0 Å². The van der Waals surface area contributed by atoms with Crippen LogP contribution in [0.2, 0.25) is 0 Å². The second-order valence-corrected chi connectivity index (χ2v) is 3.93. The third-order valence-corrected chi connectivity index (χ3v) is 2.49. The van der Waals surface area contributed by atoms with Crippen molar-refractivity contribution < 1.29 is 9.90 Å². The Kier molecular flexibility index (Phi) is 2.60. The Balaban J connectivity index is 2.40. The van der Waals surface area contributed by atoms with Gasteiger partial charge in [-0.25, -0.2) is 4.98 Å². The van der Waals surface area contributed by atoms with Crippen molar-refractivity contribution in [2.24, 2.45) is 5.92 Å². The fourth-order valence-electron chi connectivity index (χ4n) is 1.62. The molecule has 16 heavy (non-hydrogen) atoms. The summed E-state index contributed by atoms with van der Waals surface area (Å²) in [5.41, 5.74) is 2.37. The van der Waals surface area contributed by atoms with Crippen molar-refractivity contribution in [1.29, 1.82) is 0 Å². The number of aromatic nitrogens is 3. The van der Waals surface area contributed by atoms with Gasteiger partial charge in [0.1, 0.15) is 0 Å². The number of fused-ring (bicyclic) bond motifs is 1. The van der Waals surface area contributed by atoms with Crippen LogP contribution in [0.15, 0.2) is 18.6 Å². The van der Waals surface area contributed by atoms with Crippen LogP contribution in [-0.4, -0.2) is 25.4 Å². The van der Waals surface area contributed by atoms with Gasteiger partial charge in [-0.05, 0) is 6.92 Å². The van der Waals surface area contributed by atoms with Gasteiger partial charge in [-0.15, -0.1) is 0 Å². The molecule has 0 aliphatic carbocycles. The van der Waals surface area contributed by atoms with Crippen LogP contribution in [0.5, 0.6) is 0 Å². The Hall–Kier alpha value is -1.91. The average Bonchev–Trinajstić information content (AvgIpc) is 2.59. The molecule has 0 fully saturated rings. The van der Waals surface area contributed by atoms with E-state index in [1.54, 1.807) is 13.1 Å². The van der Waals surface area contributed by atoms with Gasteiger partial charge in [0.25, 0.3) is 0 Å². The molecular weight excluding hydrogens is 206 g/mol. The highest BCUT2D eigenvalue weighted by molar-refractivity contribution is 5.70. The minimum atomic E-state index is -0.813. The smallest absolute Gasteiger partial charge is 0.306 e. The normalized spacial score (nSPS) is 12.9. The molecule has 0 radical (unpaired) electrons. The maximum atomic E-state index is 10.8. The van der Waals surface area contributed by atoms with Crippen molar-refractivity contribution in [2.75, 3.05) is 0 Å². The second kappa shape index (κ2) is 3.92. The number of hydrogen-bond acceptors (Lipinski definition) is 3. The van der Waals surface area contributed by atoms with Gasteiger partial charge in [-0.1, -0.05) is 6.92 Å². The summed E-state index contributed by atoms with van der Waals surface area (Å²) in [7, 11) is 0. The molecule has 2 rings (SSSR count). The lowest BCUT2D eigenvalue weighted by atomic mass is 10.1. The maximum absolute atomic E-state index is 10.8. The highest BCUT2D eigenvalue weighted by atomic mass is 16.4. The number of rotatable bonds is 3. The number of aryl methyl sites for hydroxylation is 1. The standard InChI is InChI=1S/C11H13N3O2/c1-7(11(15)16)5-9-10-13-8(2)6-14(10)4-3-12-9/h3-4,6-7H,5H2,1-2H3,(H,15,16). The van der Waals surface area contributed by atoms with Gasteiger partial charge in [-0.2, -0.15) is 0 Å². The SMILES string of the molecule is Cc1cn2ccnc(CC(C)C(=O)O)c2n1. The first-order valence-electron chi connectivity index (χ1n) is 5.10. The molecule has 0 saturated heterocycles. The first-order valence-corrected chi connectivity index (χ1v) is 5.10. The van der Waals surface area contributed by atoms with E-state index in [4.69, 9.17) is 5.11 Å². The minimum absolute atomic E-state index is 0.399. The molecule has 0 saturated carbocycles. The number of carboxylic acids is 1. The van der Waals surface area contributed by atoms with Gasteiger partial charge in [0.15, 0.2) is 5.65 Å². The highest BCUT2D eigenvalue weighted by Gasteiger charge is 2.15. The summed E-state index contributed by atoms with van der Waals surface area (Å²) in [4.78, 5) is 19.3. The third-order valence-electron chi connectivity index (χ3n) is 2.49. The van der Waals surface area contributed by atoms with Crippen molar-refractivity contribution in [3.8, 4) is 0 Å². The Morgan fingerprint density at radius 1 is 1.62 bits per heavy atom. The van der Waals surface area contributed by atoms with Crippen molar-refractivity contribution >= 4 is 11.6 Å². The lowest BCUT2D eigenvalue weighted by Gasteiger charge is -2.05. The van der Waals surface area contributed by atoms with E-state index < -0.39 is 11.9 Å². The molecule has 2 aromatic rings. The Labute approximate surface area is 92.8 Å². The fourth-order valence-corrected chi connectivity index (χ4v) is 1.62. The van der Waals surface area contributed by atoms with Gasteiger partial charge in [0.05, 0.1) is 17.3 Å². The van der Waals surface area contributed by atoms with E-state index in [0.717, 1.165) is 17.0 Å². The van der Waals surface area contributed by atoms with Gasteiger partial charge >= 0.3 is 5.97 Å². The number of carboxylic acid groups (broad SMARTS) is 1. The largest absolute Gasteiger partial charge is 0.481 e. The summed E-state index contributed by atoms with van der Waals surface area (Å²) in [5.74, 6) is -1.26. The maximum Gasteiger partial charge on any atom is 0.306 e. The van der Waals surface area contributed by atoms with Crippen LogP contribution in [0.4, 0.5) is 0 Å². The number of hydrogen-bond donors (Lipinski definition) is 1. The van der Waals surface area contributed by atoms with Gasteiger partial charge < -0.3 is 9.51 Å². The molecule has 0 aromatic carbocycles. The molecular formula is C11H13N3O2. The summed E-state index contributed by atoms with van der Waals surface area (Å²) < 4.78 is 1.87. The Morgan fingerprint density at radius 3 is 3.06 bits per heavy atom. The van der Waals surface area contributed by atoms with E-state index in [0.29, 0.717) is 6.42 Å². The van der Waals surface area contributed by atoms with Crippen LogP contribution in [0.3, 0.4) is 0 Å². The zero-order valence-corrected chi connectivity index (χ0v) is 9.21. The van der Waals surface area contributed by atoms with Gasteiger partial charge in [0, 0.05) is 25.0 Å². The van der Waals surface area contributed by atoms with Gasteiger partial charge in [-0.3, -0.25) is 9.78 Å². The lowest BCUT2D eigenvalue weighted by Crippen LogP contribution is -2.13. The van der Waals surface area contributed by atoms with Crippen LogP contribution in [0.25, 0.3) is 5.65 Å². The van der Waals surface area contributed by atoms with E-state index in [1.165, 1.54) is 0 Å². The van der Waals surface area contributed by atoms with Crippen molar-refractivity contribution in [2.45, 2.75) is 20.3 Å². The molecule has 2 aromatic heterocycles. The molecule has 0 bridgehead atoms. The molecule has 0 aliphatic heterocycles. The van der Waals surface area contributed by atoms with Crippen LogP contribution >= 0.6 is 0 Å². The van der Waals surface area contributed by atoms with Crippen molar-refractivity contribution in [3.63, 3.8) is 0 Å². The number of aliphatic carboxylic acids is 1.